The highest BCUT2D eigenvalue weighted by Crippen LogP contribution is 2.54. The minimum absolute atomic E-state index is 0.0489. The van der Waals surface area contributed by atoms with E-state index >= 15 is 0 Å². The van der Waals surface area contributed by atoms with Crippen LogP contribution in [0.4, 0.5) is 4.79 Å². The van der Waals surface area contributed by atoms with E-state index in [1.54, 1.807) is 6.92 Å². The van der Waals surface area contributed by atoms with Crippen molar-refractivity contribution in [2.45, 2.75) is 69.6 Å². The molecule has 10 nitrogen and oxygen atoms in total. The highest BCUT2D eigenvalue weighted by molar-refractivity contribution is 7.57. The summed E-state index contributed by atoms with van der Waals surface area (Å²) in [5.74, 6) is 1.46. The molecular weight excluding hydrogens is 603 g/mol. The fraction of sp³-hybridized carbons (Fsp3) is 0.514. The van der Waals surface area contributed by atoms with E-state index in [1.165, 1.54) is 13.1 Å². The first-order chi connectivity index (χ1) is 22.0. The Hall–Kier alpha value is -3.62. The Balaban J connectivity index is 1.19. The predicted molar refractivity (Wildman–Crippen MR) is 176 cm³/mol. The molecule has 4 aliphatic carbocycles. The number of alkyl carbamates (subject to hydrolysis) is 1. The van der Waals surface area contributed by atoms with Crippen LogP contribution >= 0.6 is 7.37 Å². The molecule has 3 atom stereocenters. The van der Waals surface area contributed by atoms with Crippen molar-refractivity contribution < 1.29 is 28.6 Å². The van der Waals surface area contributed by atoms with Gasteiger partial charge in [0.15, 0.2) is 7.37 Å². The second-order valence-corrected chi connectivity index (χ2v) is 16.6. The average Bonchev–Trinajstić information content (AvgIpc) is 3.41. The number of para-hydroxylation sites is 1. The second-order valence-electron chi connectivity index (χ2n) is 14.1. The van der Waals surface area contributed by atoms with Crippen LogP contribution in [-0.2, 0) is 25.3 Å². The number of nitrogens with one attached hydrogen (secondary N) is 4. The van der Waals surface area contributed by atoms with Gasteiger partial charge in [0.05, 0.1) is 6.04 Å². The van der Waals surface area contributed by atoms with Gasteiger partial charge in [-0.2, -0.15) is 0 Å². The van der Waals surface area contributed by atoms with Gasteiger partial charge in [-0.05, 0) is 79.9 Å². The van der Waals surface area contributed by atoms with Crippen molar-refractivity contribution in [1.82, 2.24) is 20.9 Å². The number of aromatic amines is 1. The minimum Gasteiger partial charge on any atom is -0.446 e. The lowest BCUT2D eigenvalue weighted by molar-refractivity contribution is -0.128. The van der Waals surface area contributed by atoms with Gasteiger partial charge in [0, 0.05) is 49.3 Å². The Bertz CT molecular complexity index is 1590. The first-order valence-corrected chi connectivity index (χ1v) is 18.7. The first-order valence-electron chi connectivity index (χ1n) is 16.4. The third-order valence-corrected chi connectivity index (χ3v) is 11.3. The second kappa shape index (κ2) is 13.2. The summed E-state index contributed by atoms with van der Waals surface area (Å²) in [6.07, 6.45) is 6.86. The maximum atomic E-state index is 14.1. The third kappa shape index (κ3) is 7.50. The van der Waals surface area contributed by atoms with Crippen molar-refractivity contribution in [2.75, 3.05) is 19.4 Å². The molecule has 46 heavy (non-hydrogen) atoms. The molecule has 0 spiro atoms. The van der Waals surface area contributed by atoms with Gasteiger partial charge in [-0.15, -0.1) is 0 Å². The van der Waals surface area contributed by atoms with E-state index in [0.717, 1.165) is 59.5 Å². The van der Waals surface area contributed by atoms with Crippen LogP contribution < -0.4 is 16.0 Å². The normalized spacial score (nSPS) is 26.5. The lowest BCUT2D eigenvalue weighted by atomic mass is 9.55. The molecule has 7 rings (SSSR count). The Morgan fingerprint density at radius 3 is 2.33 bits per heavy atom. The van der Waals surface area contributed by atoms with Crippen LogP contribution in [0, 0.1) is 23.7 Å². The van der Waals surface area contributed by atoms with Gasteiger partial charge < -0.3 is 30.6 Å². The smallest absolute Gasteiger partial charge is 0.408 e. The van der Waals surface area contributed by atoms with E-state index in [9.17, 15) is 23.8 Å². The number of ether oxygens (including phenoxy) is 1. The Morgan fingerprint density at radius 2 is 1.65 bits per heavy atom. The van der Waals surface area contributed by atoms with Crippen molar-refractivity contribution in [3.8, 4) is 0 Å². The number of fused-ring (bicyclic) bond motifs is 1. The van der Waals surface area contributed by atoms with Crippen LogP contribution in [0.15, 0.2) is 60.8 Å². The standard InChI is InChI=1S/C35H45N4O6P/c1-35(19-27-20-36-29-11-7-6-10-28(27)29,39-34(42)45-32-25-15-22-14-23(17-25)18-26(32)16-22)33(41)37-21-30(24-8-4-3-5-9-24)38-31(40)12-13-46(2,43)44/h3-11,20,22-23,25-26,30,32,36H,12-19,21H2,1-2H3,(H,37,41)(H,38,40)(H,39,42)(H,43,44)/t22?,23?,25?,26?,30-,32?,35?/m1/s1. The Kier molecular flexibility index (Phi) is 9.31. The number of H-pyrrole nitrogens is 1. The summed E-state index contributed by atoms with van der Waals surface area (Å²) in [6, 6.07) is 16.5. The number of hydrogen-bond acceptors (Lipinski definition) is 5. The molecule has 5 N–H and O–H groups in total. The number of aromatic nitrogens is 1. The molecule has 11 heteroatoms. The van der Waals surface area contributed by atoms with Gasteiger partial charge in [-0.3, -0.25) is 14.2 Å². The van der Waals surface area contributed by atoms with Gasteiger partial charge >= 0.3 is 6.09 Å². The topological polar surface area (TPSA) is 150 Å². The summed E-state index contributed by atoms with van der Waals surface area (Å²) in [5, 5.41) is 9.81. The predicted octanol–water partition coefficient (Wildman–Crippen LogP) is 5.28. The van der Waals surface area contributed by atoms with Crippen LogP contribution in [-0.4, -0.2) is 58.8 Å². The van der Waals surface area contributed by atoms with Gasteiger partial charge in [0.2, 0.25) is 11.8 Å². The van der Waals surface area contributed by atoms with Gasteiger partial charge in [0.25, 0.3) is 0 Å². The minimum atomic E-state index is -3.35. The molecule has 2 unspecified atom stereocenters. The number of amides is 3. The van der Waals surface area contributed by atoms with Crippen LogP contribution in [0.3, 0.4) is 0 Å². The van der Waals surface area contributed by atoms with Crippen LogP contribution in [0.25, 0.3) is 10.9 Å². The van der Waals surface area contributed by atoms with E-state index in [-0.39, 0.29) is 31.7 Å². The summed E-state index contributed by atoms with van der Waals surface area (Å²) >= 11 is 0. The molecule has 0 saturated heterocycles. The maximum absolute atomic E-state index is 14.1. The molecule has 0 aliphatic heterocycles. The molecule has 246 valence electrons. The van der Waals surface area contributed by atoms with Crippen LogP contribution in [0.1, 0.15) is 62.6 Å². The fourth-order valence-electron chi connectivity index (χ4n) is 8.19. The van der Waals surface area contributed by atoms with E-state index in [0.29, 0.717) is 11.8 Å². The molecule has 3 aromatic rings. The zero-order valence-corrected chi connectivity index (χ0v) is 27.4. The number of hydrogen-bond donors (Lipinski definition) is 5. The van der Waals surface area contributed by atoms with Crippen molar-refractivity contribution in [3.05, 3.63) is 71.9 Å². The first kappa shape index (κ1) is 32.3. The third-order valence-electron chi connectivity index (χ3n) is 10.2. The average molecular weight is 649 g/mol. The number of carbonyl (C=O) groups excluding carboxylic acids is 3. The molecule has 4 saturated carbocycles. The van der Waals surface area contributed by atoms with Crippen molar-refractivity contribution in [2.24, 2.45) is 23.7 Å². The van der Waals surface area contributed by atoms with E-state index in [1.807, 2.05) is 60.8 Å². The number of benzene rings is 2. The molecule has 0 radical (unpaired) electrons. The highest BCUT2D eigenvalue weighted by atomic mass is 31.2. The molecule has 4 bridgehead atoms. The Labute approximate surface area is 269 Å². The zero-order chi connectivity index (χ0) is 32.5. The summed E-state index contributed by atoms with van der Waals surface area (Å²) in [4.78, 5) is 53.4. The fourth-order valence-corrected chi connectivity index (χ4v) is 8.81. The number of carbonyl (C=O) groups is 3. The van der Waals surface area contributed by atoms with Crippen molar-refractivity contribution >= 4 is 36.2 Å². The lowest BCUT2D eigenvalue weighted by Gasteiger charge is -2.53. The lowest BCUT2D eigenvalue weighted by Crippen LogP contribution is -2.60. The summed E-state index contributed by atoms with van der Waals surface area (Å²) < 4.78 is 17.9. The van der Waals surface area contributed by atoms with E-state index < -0.39 is 36.9 Å². The van der Waals surface area contributed by atoms with Gasteiger partial charge in [-0.1, -0.05) is 48.5 Å². The molecule has 4 fully saturated rings. The highest BCUT2D eigenvalue weighted by Gasteiger charge is 2.50. The largest absolute Gasteiger partial charge is 0.446 e. The van der Waals surface area contributed by atoms with Crippen molar-refractivity contribution in [1.29, 1.82) is 0 Å². The SMILES string of the molecule is CC(Cc1c[nH]c2ccccc12)(NC(=O)OC1C2CC3CC(C2)CC1C3)C(=O)NC[C@@H](NC(=O)CCP(C)(=O)O)c1ccccc1. The molecule has 3 amide bonds. The Morgan fingerprint density at radius 1 is 1.00 bits per heavy atom. The maximum Gasteiger partial charge on any atom is 0.408 e. The number of rotatable bonds is 12. The molecule has 4 aliphatic rings. The van der Waals surface area contributed by atoms with E-state index in [4.69, 9.17) is 4.74 Å². The van der Waals surface area contributed by atoms with Crippen molar-refractivity contribution in [3.63, 3.8) is 0 Å². The molecular formula is C35H45N4O6P. The monoisotopic (exact) mass is 648 g/mol. The van der Waals surface area contributed by atoms with Crippen LogP contribution in [0.2, 0.25) is 0 Å². The molecule has 1 aromatic heterocycles. The molecule has 1 heterocycles. The van der Waals surface area contributed by atoms with Gasteiger partial charge in [-0.25, -0.2) is 4.79 Å². The molecule has 2 aromatic carbocycles. The summed E-state index contributed by atoms with van der Waals surface area (Å²) in [6.45, 7) is 2.98. The van der Waals surface area contributed by atoms with E-state index in [2.05, 4.69) is 20.9 Å². The quantitative estimate of drug-likeness (QED) is 0.169. The van der Waals surface area contributed by atoms with Crippen LogP contribution in [0.5, 0.6) is 0 Å². The zero-order valence-electron chi connectivity index (χ0n) is 26.5. The summed E-state index contributed by atoms with van der Waals surface area (Å²) in [7, 11) is -3.35. The summed E-state index contributed by atoms with van der Waals surface area (Å²) in [5.41, 5.74) is 1.21. The van der Waals surface area contributed by atoms with Gasteiger partial charge in [0.1, 0.15) is 11.6 Å².